The van der Waals surface area contributed by atoms with E-state index in [1.165, 1.54) is 32.1 Å². The van der Waals surface area contributed by atoms with Crippen molar-refractivity contribution >= 4 is 11.5 Å². The SMILES string of the molecule is OC1CCCCC1CCCNc1ccc2nnc(C3CC3)n2n1. The van der Waals surface area contributed by atoms with Crippen LogP contribution in [0, 0.1) is 5.92 Å². The fraction of sp³-hybridized carbons (Fsp3) is 0.706. The fourth-order valence-electron chi connectivity index (χ4n) is 3.60. The summed E-state index contributed by atoms with van der Waals surface area (Å²) in [6, 6.07) is 3.94. The number of anilines is 1. The van der Waals surface area contributed by atoms with Crippen molar-refractivity contribution in [3.63, 3.8) is 0 Å². The lowest BCUT2D eigenvalue weighted by Gasteiger charge is -2.27. The van der Waals surface area contributed by atoms with Crippen LogP contribution >= 0.6 is 0 Å². The molecule has 0 aromatic carbocycles. The van der Waals surface area contributed by atoms with Gasteiger partial charge in [0.2, 0.25) is 0 Å². The van der Waals surface area contributed by atoms with Crippen molar-refractivity contribution in [3.8, 4) is 0 Å². The van der Waals surface area contributed by atoms with E-state index >= 15 is 0 Å². The van der Waals surface area contributed by atoms with E-state index < -0.39 is 0 Å². The average molecular weight is 315 g/mol. The first-order valence-corrected chi connectivity index (χ1v) is 8.95. The molecule has 2 heterocycles. The molecule has 2 aliphatic rings. The second-order valence-corrected chi connectivity index (χ2v) is 7.00. The minimum absolute atomic E-state index is 0.0867. The number of nitrogens with one attached hydrogen (secondary N) is 1. The number of hydrogen-bond acceptors (Lipinski definition) is 5. The molecule has 2 saturated carbocycles. The van der Waals surface area contributed by atoms with Crippen LogP contribution < -0.4 is 5.32 Å². The van der Waals surface area contributed by atoms with Crippen LogP contribution in [0.25, 0.3) is 5.65 Å². The number of aliphatic hydroxyl groups is 1. The zero-order chi connectivity index (χ0) is 15.6. The standard InChI is InChI=1S/C17H25N5O/c23-14-6-2-1-4-12(14)5-3-11-18-15-9-10-16-19-20-17(13-7-8-13)22(16)21-15/h9-10,12-14,23H,1-8,11H2,(H,18,21). The molecule has 124 valence electrons. The Morgan fingerprint density at radius 1 is 1.13 bits per heavy atom. The Kier molecular flexibility index (Phi) is 4.16. The molecule has 2 unspecified atom stereocenters. The zero-order valence-electron chi connectivity index (χ0n) is 13.5. The predicted octanol–water partition coefficient (Wildman–Crippen LogP) is 2.74. The van der Waals surface area contributed by atoms with E-state index in [1.807, 2.05) is 16.6 Å². The summed E-state index contributed by atoms with van der Waals surface area (Å²) in [6.07, 6.45) is 9.08. The van der Waals surface area contributed by atoms with Crippen molar-refractivity contribution in [2.45, 2.75) is 63.4 Å². The Morgan fingerprint density at radius 2 is 2.00 bits per heavy atom. The Morgan fingerprint density at radius 3 is 2.83 bits per heavy atom. The van der Waals surface area contributed by atoms with E-state index in [0.29, 0.717) is 11.8 Å². The van der Waals surface area contributed by atoms with E-state index in [1.54, 1.807) is 0 Å². The molecule has 2 aromatic rings. The Bertz CT molecular complexity index is 666. The highest BCUT2D eigenvalue weighted by Gasteiger charge is 2.29. The lowest BCUT2D eigenvalue weighted by atomic mass is 9.83. The van der Waals surface area contributed by atoms with Gasteiger partial charge in [0.15, 0.2) is 11.5 Å². The Balaban J connectivity index is 1.32. The van der Waals surface area contributed by atoms with Gasteiger partial charge >= 0.3 is 0 Å². The highest BCUT2D eigenvalue weighted by molar-refractivity contribution is 5.44. The van der Waals surface area contributed by atoms with Crippen LogP contribution in [0.2, 0.25) is 0 Å². The molecule has 2 fully saturated rings. The molecule has 6 heteroatoms. The van der Waals surface area contributed by atoms with E-state index in [2.05, 4.69) is 20.6 Å². The molecule has 23 heavy (non-hydrogen) atoms. The highest BCUT2D eigenvalue weighted by atomic mass is 16.3. The van der Waals surface area contributed by atoms with Gasteiger partial charge in [-0.05, 0) is 56.6 Å². The van der Waals surface area contributed by atoms with Crippen molar-refractivity contribution in [1.29, 1.82) is 0 Å². The van der Waals surface area contributed by atoms with E-state index in [0.717, 1.165) is 43.1 Å². The molecule has 2 aromatic heterocycles. The van der Waals surface area contributed by atoms with Gasteiger partial charge in [-0.3, -0.25) is 0 Å². The number of hydrogen-bond donors (Lipinski definition) is 2. The maximum atomic E-state index is 10.0. The first-order chi connectivity index (χ1) is 11.3. The molecular formula is C17H25N5O. The van der Waals surface area contributed by atoms with E-state index in [-0.39, 0.29) is 6.10 Å². The third-order valence-corrected chi connectivity index (χ3v) is 5.16. The summed E-state index contributed by atoms with van der Waals surface area (Å²) in [5.74, 6) is 2.90. The van der Waals surface area contributed by atoms with Crippen molar-refractivity contribution in [2.75, 3.05) is 11.9 Å². The van der Waals surface area contributed by atoms with Crippen molar-refractivity contribution in [3.05, 3.63) is 18.0 Å². The number of aromatic nitrogens is 4. The molecule has 0 bridgehead atoms. The summed E-state index contributed by atoms with van der Waals surface area (Å²) < 4.78 is 1.88. The van der Waals surface area contributed by atoms with E-state index in [9.17, 15) is 5.11 Å². The lowest BCUT2D eigenvalue weighted by Crippen LogP contribution is -2.24. The third kappa shape index (κ3) is 3.32. The minimum atomic E-state index is -0.0867. The van der Waals surface area contributed by atoms with Crippen LogP contribution in [-0.2, 0) is 0 Å². The molecule has 4 rings (SSSR count). The summed E-state index contributed by atoms with van der Waals surface area (Å²) in [5, 5.41) is 26.5. The van der Waals surface area contributed by atoms with E-state index in [4.69, 9.17) is 0 Å². The fourth-order valence-corrected chi connectivity index (χ4v) is 3.60. The first-order valence-electron chi connectivity index (χ1n) is 8.95. The second-order valence-electron chi connectivity index (χ2n) is 7.00. The zero-order valence-corrected chi connectivity index (χ0v) is 13.5. The Hall–Kier alpha value is -1.69. The van der Waals surface area contributed by atoms with Crippen molar-refractivity contribution < 1.29 is 5.11 Å². The maximum absolute atomic E-state index is 10.0. The van der Waals surface area contributed by atoms with Crippen molar-refractivity contribution in [1.82, 2.24) is 19.8 Å². The number of fused-ring (bicyclic) bond motifs is 1. The topological polar surface area (TPSA) is 75.3 Å². The lowest BCUT2D eigenvalue weighted by molar-refractivity contribution is 0.0648. The molecule has 2 aliphatic carbocycles. The van der Waals surface area contributed by atoms with Gasteiger partial charge in [0.05, 0.1) is 6.10 Å². The average Bonchev–Trinajstić information content (AvgIpc) is 3.33. The third-order valence-electron chi connectivity index (χ3n) is 5.16. The second kappa shape index (κ2) is 6.43. The molecular weight excluding hydrogens is 290 g/mol. The smallest absolute Gasteiger partial charge is 0.178 e. The maximum Gasteiger partial charge on any atom is 0.178 e. The van der Waals surface area contributed by atoms with Gasteiger partial charge in [-0.15, -0.1) is 15.3 Å². The molecule has 6 nitrogen and oxygen atoms in total. The van der Waals surface area contributed by atoms with Crippen LogP contribution in [0.5, 0.6) is 0 Å². The summed E-state index contributed by atoms with van der Waals surface area (Å²) >= 11 is 0. The summed E-state index contributed by atoms with van der Waals surface area (Å²) in [4.78, 5) is 0. The summed E-state index contributed by atoms with van der Waals surface area (Å²) in [5.41, 5.74) is 0.822. The summed E-state index contributed by atoms with van der Waals surface area (Å²) in [6.45, 7) is 0.891. The van der Waals surface area contributed by atoms with Crippen LogP contribution in [0.3, 0.4) is 0 Å². The van der Waals surface area contributed by atoms with Crippen LogP contribution in [-0.4, -0.2) is 37.6 Å². The van der Waals surface area contributed by atoms with Gasteiger partial charge in [-0.25, -0.2) is 0 Å². The number of aliphatic hydroxyl groups excluding tert-OH is 1. The van der Waals surface area contributed by atoms with Gasteiger partial charge in [0, 0.05) is 12.5 Å². The van der Waals surface area contributed by atoms with Gasteiger partial charge in [0.1, 0.15) is 5.82 Å². The predicted molar refractivity (Wildman–Crippen MR) is 88.4 cm³/mol. The molecule has 0 saturated heterocycles. The molecule has 0 spiro atoms. The molecule has 0 radical (unpaired) electrons. The van der Waals surface area contributed by atoms with Gasteiger partial charge in [-0.2, -0.15) is 4.52 Å². The van der Waals surface area contributed by atoms with Crippen molar-refractivity contribution in [2.24, 2.45) is 5.92 Å². The van der Waals surface area contributed by atoms with Gasteiger partial charge in [0.25, 0.3) is 0 Å². The summed E-state index contributed by atoms with van der Waals surface area (Å²) in [7, 11) is 0. The quantitative estimate of drug-likeness (QED) is 0.802. The van der Waals surface area contributed by atoms with Crippen LogP contribution in [0.15, 0.2) is 12.1 Å². The normalized spacial score (nSPS) is 24.9. The number of rotatable bonds is 6. The molecule has 2 atom stereocenters. The highest BCUT2D eigenvalue weighted by Crippen LogP contribution is 2.38. The Labute approximate surface area is 136 Å². The monoisotopic (exact) mass is 315 g/mol. The van der Waals surface area contributed by atoms with Gasteiger partial charge in [-0.1, -0.05) is 12.8 Å². The molecule has 2 N–H and O–H groups in total. The van der Waals surface area contributed by atoms with Gasteiger partial charge < -0.3 is 10.4 Å². The molecule has 0 aliphatic heterocycles. The largest absolute Gasteiger partial charge is 0.393 e. The first kappa shape index (κ1) is 14.9. The molecule has 0 amide bonds. The number of nitrogens with zero attached hydrogens (tertiary/aromatic N) is 4. The van der Waals surface area contributed by atoms with Crippen LogP contribution in [0.4, 0.5) is 5.82 Å². The van der Waals surface area contributed by atoms with Crippen LogP contribution in [0.1, 0.15) is 63.1 Å². The minimum Gasteiger partial charge on any atom is -0.393 e.